The fraction of sp³-hybridized carbons (Fsp3) is 0.636. The molecular formula is C22H34O3Si. The quantitative estimate of drug-likeness (QED) is 0.554. The first kappa shape index (κ1) is 19.8. The molecule has 2 aliphatic carbocycles. The predicted octanol–water partition coefficient (Wildman–Crippen LogP) is 4.24. The first-order valence-electron chi connectivity index (χ1n) is 9.81. The van der Waals surface area contributed by atoms with Gasteiger partial charge < -0.3 is 14.9 Å². The summed E-state index contributed by atoms with van der Waals surface area (Å²) in [5, 5.41) is 21.7. The zero-order valence-corrected chi connectivity index (χ0v) is 17.6. The van der Waals surface area contributed by atoms with Crippen LogP contribution in [0.3, 0.4) is 0 Å². The van der Waals surface area contributed by atoms with Gasteiger partial charge in [0, 0.05) is 16.4 Å². The smallest absolute Gasteiger partial charge is 0.0717 e. The minimum atomic E-state index is -1.81. The van der Waals surface area contributed by atoms with Crippen LogP contribution in [0.2, 0.25) is 24.2 Å². The molecule has 1 aromatic carbocycles. The molecule has 26 heavy (non-hydrogen) atoms. The second-order valence-electron chi connectivity index (χ2n) is 9.30. The van der Waals surface area contributed by atoms with Gasteiger partial charge in [0.1, 0.15) is 0 Å². The molecule has 0 radical (unpaired) electrons. The van der Waals surface area contributed by atoms with Crippen molar-refractivity contribution >= 4 is 8.07 Å². The van der Waals surface area contributed by atoms with Crippen molar-refractivity contribution in [2.75, 3.05) is 6.61 Å². The SMILES string of the molecule is C=CC[Si](C)(C)[C@]12C(C[C@H](O)[C@@H](C)[C@H]1O)C2(C)COCc1ccccc1. The van der Waals surface area contributed by atoms with Crippen molar-refractivity contribution in [1.82, 2.24) is 0 Å². The summed E-state index contributed by atoms with van der Waals surface area (Å²) in [6, 6.07) is 11.2. The summed E-state index contributed by atoms with van der Waals surface area (Å²) in [6.07, 6.45) is 1.90. The summed E-state index contributed by atoms with van der Waals surface area (Å²) in [5.41, 5.74) is 1.09. The molecule has 0 aliphatic heterocycles. The van der Waals surface area contributed by atoms with E-state index in [1.165, 1.54) is 5.56 Å². The lowest BCUT2D eigenvalue weighted by molar-refractivity contribution is -0.0211. The van der Waals surface area contributed by atoms with Crippen molar-refractivity contribution in [3.63, 3.8) is 0 Å². The monoisotopic (exact) mass is 374 g/mol. The van der Waals surface area contributed by atoms with Gasteiger partial charge in [0.05, 0.1) is 33.5 Å². The lowest BCUT2D eigenvalue weighted by atomic mass is 9.85. The van der Waals surface area contributed by atoms with Crippen molar-refractivity contribution in [1.29, 1.82) is 0 Å². The van der Waals surface area contributed by atoms with Crippen molar-refractivity contribution in [3.8, 4) is 0 Å². The van der Waals surface area contributed by atoms with Crippen molar-refractivity contribution in [2.45, 2.75) is 63.3 Å². The standard InChI is InChI=1S/C22H34O3Si/c1-6-12-26(4,5)22-19(13-18(23)16(2)20(22)24)21(22,3)15-25-14-17-10-8-7-9-11-17/h6-11,16,18-20,23-24H,1,12-15H2,2-5H3/t16-,18+,19?,20-,21?,22-/m1/s1. The maximum atomic E-state index is 11.3. The van der Waals surface area contributed by atoms with Crippen LogP contribution in [-0.4, -0.2) is 37.1 Å². The van der Waals surface area contributed by atoms with E-state index in [1.54, 1.807) is 0 Å². The Bertz CT molecular complexity index is 646. The van der Waals surface area contributed by atoms with Gasteiger partial charge in [0.25, 0.3) is 0 Å². The molecule has 144 valence electrons. The molecule has 4 heteroatoms. The highest BCUT2D eigenvalue weighted by molar-refractivity contribution is 6.82. The zero-order chi connectivity index (χ0) is 19.2. The largest absolute Gasteiger partial charge is 0.393 e. The van der Waals surface area contributed by atoms with Gasteiger partial charge in [-0.3, -0.25) is 0 Å². The van der Waals surface area contributed by atoms with E-state index in [0.29, 0.717) is 19.1 Å². The fourth-order valence-corrected chi connectivity index (χ4v) is 11.5. The summed E-state index contributed by atoms with van der Waals surface area (Å²) >= 11 is 0. The summed E-state index contributed by atoms with van der Waals surface area (Å²) < 4.78 is 6.16. The lowest BCUT2D eigenvalue weighted by Gasteiger charge is -2.45. The van der Waals surface area contributed by atoms with Crippen LogP contribution in [0.4, 0.5) is 0 Å². The maximum Gasteiger partial charge on any atom is 0.0717 e. The highest BCUT2D eigenvalue weighted by Crippen LogP contribution is 2.85. The highest BCUT2D eigenvalue weighted by Gasteiger charge is 2.83. The molecule has 1 aromatic rings. The third-order valence-corrected chi connectivity index (χ3v) is 12.3. The molecule has 0 heterocycles. The minimum Gasteiger partial charge on any atom is -0.393 e. The van der Waals surface area contributed by atoms with Crippen molar-refractivity contribution < 1.29 is 14.9 Å². The van der Waals surface area contributed by atoms with Gasteiger partial charge in [-0.1, -0.05) is 63.3 Å². The van der Waals surface area contributed by atoms with Gasteiger partial charge in [-0.25, -0.2) is 0 Å². The molecule has 2 unspecified atom stereocenters. The fourth-order valence-electron chi connectivity index (χ4n) is 6.23. The Labute approximate surface area is 159 Å². The first-order chi connectivity index (χ1) is 12.2. The number of aliphatic hydroxyl groups excluding tert-OH is 2. The summed E-state index contributed by atoms with van der Waals surface area (Å²) in [5.74, 6) is 0.243. The molecule has 3 rings (SSSR count). The van der Waals surface area contributed by atoms with E-state index >= 15 is 0 Å². The van der Waals surface area contributed by atoms with Gasteiger partial charge in [-0.15, -0.1) is 6.58 Å². The number of fused-ring (bicyclic) bond motifs is 1. The maximum absolute atomic E-state index is 11.3. The molecule has 2 saturated carbocycles. The molecule has 6 atom stereocenters. The van der Waals surface area contributed by atoms with Crippen molar-refractivity contribution in [2.24, 2.45) is 17.3 Å². The Kier molecular flexibility index (Phi) is 5.26. The Morgan fingerprint density at radius 1 is 1.27 bits per heavy atom. The molecule has 3 nitrogen and oxygen atoms in total. The van der Waals surface area contributed by atoms with E-state index in [-0.39, 0.29) is 16.4 Å². The van der Waals surface area contributed by atoms with Gasteiger partial charge in [0.2, 0.25) is 0 Å². The van der Waals surface area contributed by atoms with Crippen LogP contribution in [0.1, 0.15) is 25.8 Å². The molecule has 0 spiro atoms. The topological polar surface area (TPSA) is 49.7 Å². The predicted molar refractivity (Wildman–Crippen MR) is 109 cm³/mol. The molecule has 0 bridgehead atoms. The second-order valence-corrected chi connectivity index (χ2v) is 14.3. The van der Waals surface area contributed by atoms with E-state index in [4.69, 9.17) is 4.74 Å². The summed E-state index contributed by atoms with van der Waals surface area (Å²) in [7, 11) is -1.81. The van der Waals surface area contributed by atoms with Crippen LogP contribution in [-0.2, 0) is 11.3 Å². The molecule has 2 fully saturated rings. The molecule has 0 saturated heterocycles. The van der Waals surface area contributed by atoms with Gasteiger partial charge >= 0.3 is 0 Å². The van der Waals surface area contributed by atoms with Crippen molar-refractivity contribution in [3.05, 3.63) is 48.6 Å². The van der Waals surface area contributed by atoms with Crippen LogP contribution >= 0.6 is 0 Å². The molecule has 0 amide bonds. The van der Waals surface area contributed by atoms with Crippen LogP contribution in [0.25, 0.3) is 0 Å². The first-order valence-corrected chi connectivity index (χ1v) is 13.0. The number of allylic oxidation sites excluding steroid dienone is 1. The average Bonchev–Trinajstić information content (AvgIpc) is 3.14. The normalized spacial score (nSPS) is 39.3. The molecule has 0 aromatic heterocycles. The second kappa shape index (κ2) is 6.90. The Balaban J connectivity index is 1.84. The summed E-state index contributed by atoms with van der Waals surface area (Å²) in [6.45, 7) is 14.2. The van der Waals surface area contributed by atoms with E-state index in [9.17, 15) is 10.2 Å². The number of benzene rings is 1. The third kappa shape index (κ3) is 2.73. The van der Waals surface area contributed by atoms with E-state index < -0.39 is 20.3 Å². The number of rotatable bonds is 7. The zero-order valence-electron chi connectivity index (χ0n) is 16.6. The Morgan fingerprint density at radius 2 is 1.92 bits per heavy atom. The molecular weight excluding hydrogens is 340 g/mol. The Morgan fingerprint density at radius 3 is 2.54 bits per heavy atom. The van der Waals surface area contributed by atoms with Crippen LogP contribution < -0.4 is 0 Å². The summed E-state index contributed by atoms with van der Waals surface area (Å²) in [4.78, 5) is 0. The highest BCUT2D eigenvalue weighted by atomic mass is 28.3. The third-order valence-electron chi connectivity index (χ3n) is 7.52. The van der Waals surface area contributed by atoms with E-state index in [0.717, 1.165) is 12.5 Å². The number of aliphatic hydroxyl groups is 2. The van der Waals surface area contributed by atoms with Crippen LogP contribution in [0, 0.1) is 17.3 Å². The van der Waals surface area contributed by atoms with Crippen LogP contribution in [0.15, 0.2) is 43.0 Å². The number of ether oxygens (including phenoxy) is 1. The van der Waals surface area contributed by atoms with Crippen LogP contribution in [0.5, 0.6) is 0 Å². The van der Waals surface area contributed by atoms with Gasteiger partial charge in [-0.05, 0) is 23.9 Å². The average molecular weight is 375 g/mol. The van der Waals surface area contributed by atoms with E-state index in [1.807, 2.05) is 31.2 Å². The van der Waals surface area contributed by atoms with Gasteiger partial charge in [0.15, 0.2) is 0 Å². The van der Waals surface area contributed by atoms with E-state index in [2.05, 4.69) is 38.7 Å². The van der Waals surface area contributed by atoms with Gasteiger partial charge in [-0.2, -0.15) is 0 Å². The number of hydrogen-bond donors (Lipinski definition) is 2. The minimum absolute atomic E-state index is 0.0777. The number of hydrogen-bond acceptors (Lipinski definition) is 3. The molecule has 2 aliphatic rings. The lowest BCUT2D eigenvalue weighted by Crippen LogP contribution is -2.51. The Hall–Kier alpha value is -0.943. The molecule has 2 N–H and O–H groups in total.